The zero-order chi connectivity index (χ0) is 14.4. The Kier molecular flexibility index (Phi) is 5.40. The van der Waals surface area contributed by atoms with Gasteiger partial charge in [0, 0.05) is 0 Å². The van der Waals surface area contributed by atoms with Crippen molar-refractivity contribution < 1.29 is 0 Å². The van der Waals surface area contributed by atoms with Crippen LogP contribution in [0.3, 0.4) is 0 Å². The monoisotopic (exact) mass is 266 g/mol. The predicted molar refractivity (Wildman–Crippen MR) is 90.7 cm³/mol. The largest absolute Gasteiger partial charge is 0.0850 e. The number of benzene rings is 1. The Morgan fingerprint density at radius 2 is 2.10 bits per heavy atom. The molecule has 0 heterocycles. The predicted octanol–water partition coefficient (Wildman–Crippen LogP) is 6.19. The van der Waals surface area contributed by atoms with E-state index in [0.29, 0.717) is 0 Å². The molecule has 0 radical (unpaired) electrons. The van der Waals surface area contributed by atoms with Crippen LogP contribution in [0.25, 0.3) is 11.6 Å². The van der Waals surface area contributed by atoms with Crippen LogP contribution in [0.4, 0.5) is 0 Å². The van der Waals surface area contributed by atoms with Crippen LogP contribution in [0.1, 0.15) is 63.1 Å². The van der Waals surface area contributed by atoms with Gasteiger partial charge in [0.05, 0.1) is 0 Å². The molecule has 1 aliphatic rings. The van der Waals surface area contributed by atoms with E-state index in [1.165, 1.54) is 47.1 Å². The van der Waals surface area contributed by atoms with Gasteiger partial charge in [-0.25, -0.2) is 0 Å². The molecule has 0 fully saturated rings. The summed E-state index contributed by atoms with van der Waals surface area (Å²) in [4.78, 5) is 0. The fourth-order valence-electron chi connectivity index (χ4n) is 2.85. The van der Waals surface area contributed by atoms with Gasteiger partial charge in [-0.1, -0.05) is 61.4 Å². The van der Waals surface area contributed by atoms with Crippen molar-refractivity contribution in [2.45, 2.75) is 52.9 Å². The Bertz CT molecular complexity index is 541. The van der Waals surface area contributed by atoms with Gasteiger partial charge in [0.1, 0.15) is 0 Å². The van der Waals surface area contributed by atoms with Crippen LogP contribution in [0.5, 0.6) is 0 Å². The summed E-state index contributed by atoms with van der Waals surface area (Å²) in [6.45, 7) is 6.65. The van der Waals surface area contributed by atoms with Crippen molar-refractivity contribution in [1.82, 2.24) is 0 Å². The second-order valence-electron chi connectivity index (χ2n) is 5.68. The molecule has 0 bridgehead atoms. The van der Waals surface area contributed by atoms with Crippen LogP contribution >= 0.6 is 0 Å². The highest BCUT2D eigenvalue weighted by Crippen LogP contribution is 2.26. The summed E-state index contributed by atoms with van der Waals surface area (Å²) in [6.07, 6.45) is 15.0. The van der Waals surface area contributed by atoms with Crippen molar-refractivity contribution in [3.63, 3.8) is 0 Å². The molecule has 0 unspecified atom stereocenters. The van der Waals surface area contributed by atoms with E-state index in [9.17, 15) is 0 Å². The third-order valence-electron chi connectivity index (χ3n) is 3.97. The van der Waals surface area contributed by atoms with E-state index in [1.54, 1.807) is 0 Å². The first-order chi connectivity index (χ1) is 9.74. The lowest BCUT2D eigenvalue weighted by atomic mass is 9.93. The first-order valence-electron chi connectivity index (χ1n) is 7.85. The minimum atomic E-state index is 1.08. The van der Waals surface area contributed by atoms with Gasteiger partial charge >= 0.3 is 0 Å². The normalized spacial score (nSPS) is 20.1. The number of allylic oxidation sites excluding steroid dienone is 5. The van der Waals surface area contributed by atoms with Crippen molar-refractivity contribution in [3.8, 4) is 0 Å². The highest BCUT2D eigenvalue weighted by Gasteiger charge is 2.07. The summed E-state index contributed by atoms with van der Waals surface area (Å²) < 4.78 is 0. The maximum absolute atomic E-state index is 2.40. The second kappa shape index (κ2) is 7.28. The maximum Gasteiger partial charge on any atom is -0.00637 e. The molecule has 0 aliphatic heterocycles. The summed E-state index contributed by atoms with van der Waals surface area (Å²) in [7, 11) is 0. The lowest BCUT2D eigenvalue weighted by Gasteiger charge is -2.12. The summed E-state index contributed by atoms with van der Waals surface area (Å²) in [5.74, 6) is 0. The number of rotatable bonds is 3. The van der Waals surface area contributed by atoms with E-state index in [4.69, 9.17) is 0 Å². The Hall–Kier alpha value is -1.56. The van der Waals surface area contributed by atoms with Crippen molar-refractivity contribution in [3.05, 3.63) is 58.7 Å². The Balaban J connectivity index is 2.40. The molecule has 0 nitrogen and oxygen atoms in total. The highest BCUT2D eigenvalue weighted by molar-refractivity contribution is 5.68. The standard InChI is InChI=1S/C20H26/c1-4-9-17(5-2)19-13-12-18-11-8-6-7-10-16(3)14-20(18)15-19/h5,8,10-13,15H,4,6-7,9,14H2,1-3H3/b11-8+,16-10+,17-5+. The Morgan fingerprint density at radius 1 is 1.25 bits per heavy atom. The van der Waals surface area contributed by atoms with E-state index in [-0.39, 0.29) is 0 Å². The molecule has 0 saturated carbocycles. The van der Waals surface area contributed by atoms with Crippen LogP contribution in [0.2, 0.25) is 0 Å². The van der Waals surface area contributed by atoms with Crippen LogP contribution < -0.4 is 0 Å². The van der Waals surface area contributed by atoms with Gasteiger partial charge in [0.25, 0.3) is 0 Å². The average Bonchev–Trinajstić information content (AvgIpc) is 2.53. The van der Waals surface area contributed by atoms with E-state index < -0.39 is 0 Å². The third kappa shape index (κ3) is 3.72. The van der Waals surface area contributed by atoms with Gasteiger partial charge in [0.15, 0.2) is 0 Å². The van der Waals surface area contributed by atoms with Crippen LogP contribution in [-0.2, 0) is 6.42 Å². The summed E-state index contributed by atoms with van der Waals surface area (Å²) in [5.41, 5.74) is 7.21. The summed E-state index contributed by atoms with van der Waals surface area (Å²) in [5, 5.41) is 0. The molecular formula is C20H26. The molecule has 0 atom stereocenters. The average molecular weight is 266 g/mol. The SMILES string of the molecule is C/C=C(\CCC)c1ccc2c(c1)C/C(C)=C/CC/C=C/2. The molecule has 0 spiro atoms. The third-order valence-corrected chi connectivity index (χ3v) is 3.97. The first-order valence-corrected chi connectivity index (χ1v) is 7.85. The molecule has 0 N–H and O–H groups in total. The molecule has 0 amide bonds. The molecule has 0 aromatic heterocycles. The molecular weight excluding hydrogens is 240 g/mol. The smallest absolute Gasteiger partial charge is 0.00637 e. The van der Waals surface area contributed by atoms with Crippen LogP contribution in [0, 0.1) is 0 Å². The van der Waals surface area contributed by atoms with Gasteiger partial charge in [-0.05, 0) is 61.8 Å². The molecule has 0 heteroatoms. The number of hydrogen-bond donors (Lipinski definition) is 0. The van der Waals surface area contributed by atoms with Crippen molar-refractivity contribution in [2.75, 3.05) is 0 Å². The van der Waals surface area contributed by atoms with Gasteiger partial charge in [0.2, 0.25) is 0 Å². The first kappa shape index (κ1) is 14.8. The zero-order valence-electron chi connectivity index (χ0n) is 13.1. The maximum atomic E-state index is 2.40. The molecule has 1 aromatic carbocycles. The van der Waals surface area contributed by atoms with E-state index in [0.717, 1.165) is 12.8 Å². The molecule has 2 rings (SSSR count). The van der Waals surface area contributed by atoms with E-state index in [1.807, 2.05) is 0 Å². The minimum Gasteiger partial charge on any atom is -0.0850 e. The topological polar surface area (TPSA) is 0 Å². The summed E-state index contributed by atoms with van der Waals surface area (Å²) >= 11 is 0. The molecule has 0 saturated heterocycles. The van der Waals surface area contributed by atoms with Gasteiger partial charge < -0.3 is 0 Å². The van der Waals surface area contributed by atoms with Crippen LogP contribution in [0.15, 0.2) is 42.0 Å². The molecule has 106 valence electrons. The second-order valence-corrected chi connectivity index (χ2v) is 5.68. The van der Waals surface area contributed by atoms with Crippen LogP contribution in [-0.4, -0.2) is 0 Å². The van der Waals surface area contributed by atoms with E-state index >= 15 is 0 Å². The molecule has 20 heavy (non-hydrogen) atoms. The molecule has 1 aliphatic carbocycles. The highest BCUT2D eigenvalue weighted by atomic mass is 14.1. The van der Waals surface area contributed by atoms with Gasteiger partial charge in [-0.15, -0.1) is 0 Å². The lowest BCUT2D eigenvalue weighted by molar-refractivity contribution is 0.970. The van der Waals surface area contributed by atoms with Crippen molar-refractivity contribution in [1.29, 1.82) is 0 Å². The lowest BCUT2D eigenvalue weighted by Crippen LogP contribution is -1.94. The number of fused-ring (bicyclic) bond motifs is 1. The van der Waals surface area contributed by atoms with Crippen molar-refractivity contribution >= 4 is 11.6 Å². The van der Waals surface area contributed by atoms with Crippen molar-refractivity contribution in [2.24, 2.45) is 0 Å². The minimum absolute atomic E-state index is 1.08. The number of hydrogen-bond acceptors (Lipinski definition) is 0. The quantitative estimate of drug-likeness (QED) is 0.572. The fraction of sp³-hybridized carbons (Fsp3) is 0.400. The Morgan fingerprint density at radius 3 is 2.85 bits per heavy atom. The van der Waals surface area contributed by atoms with E-state index in [2.05, 4.69) is 63.3 Å². The Labute approximate surface area is 123 Å². The fourth-order valence-corrected chi connectivity index (χ4v) is 2.85. The zero-order valence-corrected chi connectivity index (χ0v) is 13.1. The van der Waals surface area contributed by atoms with Gasteiger partial charge in [-0.2, -0.15) is 0 Å². The summed E-state index contributed by atoms with van der Waals surface area (Å²) in [6, 6.07) is 6.97. The molecule has 1 aromatic rings. The van der Waals surface area contributed by atoms with Gasteiger partial charge in [-0.3, -0.25) is 0 Å².